The summed E-state index contributed by atoms with van der Waals surface area (Å²) in [7, 11) is -3.67. The molecule has 2 fully saturated rings. The minimum absolute atomic E-state index is 0. The van der Waals surface area contributed by atoms with E-state index in [1.54, 1.807) is 0 Å². The van der Waals surface area contributed by atoms with Crippen molar-refractivity contribution < 1.29 is 22.2 Å². The van der Waals surface area contributed by atoms with E-state index < -0.39 is 7.54 Å². The van der Waals surface area contributed by atoms with E-state index in [2.05, 4.69) is 76.5 Å². The Morgan fingerprint density at radius 2 is 1.18 bits per heavy atom. The van der Waals surface area contributed by atoms with Crippen LogP contribution in [0.5, 0.6) is 0 Å². The Balaban J connectivity index is 0.000000515. The van der Waals surface area contributed by atoms with Gasteiger partial charge in [0, 0.05) is 0 Å². The molecule has 0 amide bonds. The summed E-state index contributed by atoms with van der Waals surface area (Å²) >= 11 is 0. The van der Waals surface area contributed by atoms with Gasteiger partial charge in [-0.25, -0.2) is 0 Å². The molecule has 4 rings (SSSR count). The zero-order valence-electron chi connectivity index (χ0n) is 15.7. The first-order valence-electron chi connectivity index (χ1n) is 9.54. The van der Waals surface area contributed by atoms with Crippen LogP contribution in [-0.2, 0) is 0 Å². The molecule has 2 aromatic carbocycles. The lowest BCUT2D eigenvalue weighted by Crippen LogP contribution is -3.00. The maximum atomic E-state index is 9.67. The molecule has 0 spiro atoms. The summed E-state index contributed by atoms with van der Waals surface area (Å²) < 4.78 is 31.5. The third kappa shape index (κ3) is 5.84. The van der Waals surface area contributed by atoms with Crippen LogP contribution in [0, 0.1) is 0 Å². The highest BCUT2D eigenvalue weighted by atomic mass is 19.4. The summed E-state index contributed by atoms with van der Waals surface area (Å²) in [6, 6.07) is 23.0. The molecule has 0 bridgehead atoms. The standard InChI is InChI=1S/C21H25N2.BF3.FH/c1-3-9-18(10-4-1)20-13-14-21(19-11-5-2-6-12-19)23(20)17-22-15-7-8-16-22;2-1(3)4;/h1-6,9-12,17,20-21H,7-8,13-16H2;;1H/q+1;;/p-1/t20-,21-;;/m1../s1. The van der Waals surface area contributed by atoms with Gasteiger partial charge in [0.05, 0.1) is 13.1 Å². The first kappa shape index (κ1) is 22.0. The molecule has 0 N–H and O–H groups in total. The molecule has 0 saturated carbocycles. The Morgan fingerprint density at radius 3 is 1.57 bits per heavy atom. The van der Waals surface area contributed by atoms with Crippen LogP contribution in [0.3, 0.4) is 0 Å². The molecule has 2 heterocycles. The van der Waals surface area contributed by atoms with E-state index in [9.17, 15) is 12.9 Å². The smallest absolute Gasteiger partial charge is 0.762 e. The van der Waals surface area contributed by atoms with Crippen molar-refractivity contribution in [2.45, 2.75) is 37.8 Å². The van der Waals surface area contributed by atoms with Crippen LogP contribution in [0.25, 0.3) is 0 Å². The zero-order valence-corrected chi connectivity index (χ0v) is 15.7. The molecule has 2 nitrogen and oxygen atoms in total. The highest BCUT2D eigenvalue weighted by Gasteiger charge is 2.39. The number of halogens is 4. The van der Waals surface area contributed by atoms with E-state index in [0.29, 0.717) is 12.1 Å². The summed E-state index contributed by atoms with van der Waals surface area (Å²) in [6.45, 7) is 2.42. The van der Waals surface area contributed by atoms with Gasteiger partial charge in [0.15, 0.2) is 0 Å². The Hall–Kier alpha value is -2.31. The fourth-order valence-corrected chi connectivity index (χ4v) is 4.07. The fourth-order valence-electron chi connectivity index (χ4n) is 4.07. The van der Waals surface area contributed by atoms with Crippen LogP contribution < -0.4 is 4.70 Å². The number of likely N-dealkylation sites (tertiary alicyclic amines) is 1. The number of nitrogens with zero attached hydrogens (tertiary/aromatic N) is 2. The normalized spacial score (nSPS) is 20.8. The van der Waals surface area contributed by atoms with E-state index in [1.807, 2.05) is 0 Å². The average molecular weight is 392 g/mol. The molecule has 2 aromatic rings. The third-order valence-electron chi connectivity index (χ3n) is 5.24. The third-order valence-corrected chi connectivity index (χ3v) is 5.24. The monoisotopic (exact) mass is 392 g/mol. The Labute approximate surface area is 164 Å². The zero-order chi connectivity index (χ0) is 19.1. The summed E-state index contributed by atoms with van der Waals surface area (Å²) in [5.41, 5.74) is 2.89. The van der Waals surface area contributed by atoms with Crippen LogP contribution in [0.2, 0.25) is 0 Å². The number of rotatable bonds is 3. The molecule has 2 aliphatic heterocycles. The van der Waals surface area contributed by atoms with Crippen LogP contribution in [0.4, 0.5) is 12.9 Å². The average Bonchev–Trinajstić information content (AvgIpc) is 3.33. The molecule has 150 valence electrons. The highest BCUT2D eigenvalue weighted by molar-refractivity contribution is 6.33. The SMILES string of the molecule is C(N1[C@@H](c2ccccc2)CC[C@@H]1c1ccccc1)=[N+]1CCCC1.FB(F)F.[F-]. The van der Waals surface area contributed by atoms with Gasteiger partial charge in [-0.3, -0.25) is 22.4 Å². The minimum atomic E-state index is -3.67. The maximum Gasteiger partial charge on any atom is 0.762 e. The van der Waals surface area contributed by atoms with Crippen LogP contribution in [0.1, 0.15) is 48.9 Å². The van der Waals surface area contributed by atoms with E-state index in [4.69, 9.17) is 0 Å². The van der Waals surface area contributed by atoms with Crippen molar-refractivity contribution in [3.05, 3.63) is 71.8 Å². The lowest BCUT2D eigenvalue weighted by atomic mass is 10.0. The van der Waals surface area contributed by atoms with Crippen LogP contribution in [0.15, 0.2) is 60.7 Å². The van der Waals surface area contributed by atoms with Crippen molar-refractivity contribution in [2.24, 2.45) is 0 Å². The molecular weight excluding hydrogens is 367 g/mol. The topological polar surface area (TPSA) is 6.25 Å². The molecule has 28 heavy (non-hydrogen) atoms. The summed E-state index contributed by atoms with van der Waals surface area (Å²) in [5, 5.41) is 0. The van der Waals surface area contributed by atoms with Gasteiger partial charge < -0.3 is 4.70 Å². The Kier molecular flexibility index (Phi) is 8.55. The van der Waals surface area contributed by atoms with Crippen molar-refractivity contribution in [3.8, 4) is 0 Å². The van der Waals surface area contributed by atoms with Gasteiger partial charge in [-0.1, -0.05) is 60.7 Å². The molecule has 0 radical (unpaired) electrons. The Bertz CT molecular complexity index is 669. The van der Waals surface area contributed by atoms with Gasteiger partial charge in [-0.05, 0) is 36.8 Å². The maximum absolute atomic E-state index is 9.67. The highest BCUT2D eigenvalue weighted by Crippen LogP contribution is 2.42. The number of hydrogen-bond acceptors (Lipinski definition) is 0. The van der Waals surface area contributed by atoms with Crippen molar-refractivity contribution >= 4 is 13.9 Å². The molecule has 7 heteroatoms. The minimum Gasteiger partial charge on any atom is -1.00 e. The molecule has 2 atom stereocenters. The summed E-state index contributed by atoms with van der Waals surface area (Å²) in [5.74, 6) is 0. The van der Waals surface area contributed by atoms with Crippen molar-refractivity contribution in [2.75, 3.05) is 13.1 Å². The second-order valence-electron chi connectivity index (χ2n) is 6.98. The fraction of sp³-hybridized carbons (Fsp3) is 0.381. The van der Waals surface area contributed by atoms with E-state index in [1.165, 1.54) is 49.9 Å². The number of hydrogen-bond donors (Lipinski definition) is 0. The molecule has 2 saturated heterocycles. The molecular formula is C21H25BF4N2. The lowest BCUT2D eigenvalue weighted by Gasteiger charge is -2.23. The lowest BCUT2D eigenvalue weighted by molar-refractivity contribution is -0.506. The van der Waals surface area contributed by atoms with Gasteiger partial charge in [0.1, 0.15) is 12.1 Å². The summed E-state index contributed by atoms with van der Waals surface area (Å²) in [6.07, 6.45) is 7.55. The van der Waals surface area contributed by atoms with E-state index >= 15 is 0 Å². The second kappa shape index (κ2) is 10.9. The van der Waals surface area contributed by atoms with Crippen molar-refractivity contribution in [3.63, 3.8) is 0 Å². The van der Waals surface area contributed by atoms with Gasteiger partial charge in [-0.2, -0.15) is 0 Å². The largest absolute Gasteiger partial charge is 1.00 e. The predicted octanol–water partition coefficient (Wildman–Crippen LogP) is 2.28. The second-order valence-corrected chi connectivity index (χ2v) is 6.98. The van der Waals surface area contributed by atoms with Crippen LogP contribution in [-0.4, -0.2) is 36.4 Å². The van der Waals surface area contributed by atoms with Gasteiger partial charge in [-0.15, -0.1) is 0 Å². The first-order chi connectivity index (χ1) is 13.1. The van der Waals surface area contributed by atoms with Gasteiger partial charge in [0.2, 0.25) is 6.34 Å². The van der Waals surface area contributed by atoms with Gasteiger partial charge in [0.25, 0.3) is 0 Å². The molecule has 0 unspecified atom stereocenters. The van der Waals surface area contributed by atoms with E-state index in [-0.39, 0.29) is 4.70 Å². The Morgan fingerprint density at radius 1 is 0.786 bits per heavy atom. The quantitative estimate of drug-likeness (QED) is 0.336. The van der Waals surface area contributed by atoms with Gasteiger partial charge >= 0.3 is 7.54 Å². The van der Waals surface area contributed by atoms with Crippen molar-refractivity contribution in [1.82, 2.24) is 4.90 Å². The van der Waals surface area contributed by atoms with E-state index in [0.717, 1.165) is 0 Å². The molecule has 2 aliphatic rings. The first-order valence-corrected chi connectivity index (χ1v) is 9.54. The predicted molar refractivity (Wildman–Crippen MR) is 104 cm³/mol. The van der Waals surface area contributed by atoms with Crippen LogP contribution >= 0.6 is 0 Å². The number of benzene rings is 2. The molecule has 0 aromatic heterocycles. The summed E-state index contributed by atoms with van der Waals surface area (Å²) in [4.78, 5) is 2.62. The van der Waals surface area contributed by atoms with Crippen molar-refractivity contribution in [1.29, 1.82) is 0 Å². The molecule has 0 aliphatic carbocycles.